The van der Waals surface area contributed by atoms with Crippen molar-refractivity contribution in [3.8, 4) is 0 Å². The number of aliphatic hydroxyl groups excluding tert-OH is 2. The van der Waals surface area contributed by atoms with E-state index in [0.717, 1.165) is 44.9 Å². The minimum atomic E-state index is -0.670. The van der Waals surface area contributed by atoms with E-state index in [2.05, 4.69) is 31.3 Å². The third-order valence-corrected chi connectivity index (χ3v) is 15.3. The third-order valence-electron chi connectivity index (χ3n) is 15.3. The molecule has 71 heavy (non-hydrogen) atoms. The number of hydrogen-bond acceptors (Lipinski definition) is 5. The van der Waals surface area contributed by atoms with Gasteiger partial charge in [-0.05, 0) is 51.4 Å². The fourth-order valence-corrected chi connectivity index (χ4v) is 10.3. The first-order valence-corrected chi connectivity index (χ1v) is 32.4. The van der Waals surface area contributed by atoms with Crippen molar-refractivity contribution in [2.45, 2.75) is 379 Å². The highest BCUT2D eigenvalue weighted by Crippen LogP contribution is 2.18. The first kappa shape index (κ1) is 69.6. The van der Waals surface area contributed by atoms with Gasteiger partial charge in [-0.3, -0.25) is 9.59 Å². The van der Waals surface area contributed by atoms with Crippen LogP contribution in [0.3, 0.4) is 0 Å². The van der Waals surface area contributed by atoms with Gasteiger partial charge in [0.2, 0.25) is 5.91 Å². The summed E-state index contributed by atoms with van der Waals surface area (Å²) in [5.74, 6) is -0.0377. The number of amides is 1. The number of hydrogen-bond donors (Lipinski definition) is 3. The first-order valence-electron chi connectivity index (χ1n) is 32.4. The van der Waals surface area contributed by atoms with E-state index in [0.29, 0.717) is 25.9 Å². The summed E-state index contributed by atoms with van der Waals surface area (Å²) in [7, 11) is 0. The molecule has 0 aliphatic carbocycles. The summed E-state index contributed by atoms with van der Waals surface area (Å²) >= 11 is 0. The highest BCUT2D eigenvalue weighted by atomic mass is 16.5. The Morgan fingerprint density at radius 1 is 0.380 bits per heavy atom. The Bertz CT molecular complexity index is 1060. The van der Waals surface area contributed by atoms with Crippen LogP contribution in [-0.4, -0.2) is 47.4 Å². The Kier molecular flexibility index (Phi) is 59.9. The number of unbranched alkanes of at least 4 members (excludes halogenated alkanes) is 48. The van der Waals surface area contributed by atoms with Gasteiger partial charge in [-0.15, -0.1) is 0 Å². The predicted molar refractivity (Wildman–Crippen MR) is 310 cm³/mol. The lowest BCUT2D eigenvalue weighted by Gasteiger charge is -2.22. The largest absolute Gasteiger partial charge is 0.466 e. The van der Waals surface area contributed by atoms with E-state index in [1.165, 1.54) is 289 Å². The van der Waals surface area contributed by atoms with Crippen molar-refractivity contribution < 1.29 is 24.5 Å². The number of ether oxygens (including phenoxy) is 1. The molecule has 0 spiro atoms. The number of allylic oxidation sites excluding steroid dienone is 2. The summed E-state index contributed by atoms with van der Waals surface area (Å²) in [6.07, 6.45) is 73.6. The lowest BCUT2D eigenvalue weighted by atomic mass is 10.0. The molecule has 0 aliphatic rings. The van der Waals surface area contributed by atoms with Gasteiger partial charge >= 0.3 is 5.97 Å². The molecule has 6 nitrogen and oxygen atoms in total. The second-order valence-electron chi connectivity index (χ2n) is 22.5. The van der Waals surface area contributed by atoms with E-state index >= 15 is 0 Å². The summed E-state index contributed by atoms with van der Waals surface area (Å²) in [6.45, 7) is 4.97. The van der Waals surface area contributed by atoms with Crippen LogP contribution in [0.4, 0.5) is 0 Å². The maximum absolute atomic E-state index is 12.5. The van der Waals surface area contributed by atoms with Crippen molar-refractivity contribution in [2.24, 2.45) is 0 Å². The molecule has 3 N–H and O–H groups in total. The van der Waals surface area contributed by atoms with E-state index in [1.807, 2.05) is 0 Å². The van der Waals surface area contributed by atoms with E-state index in [4.69, 9.17) is 4.74 Å². The molecule has 422 valence electrons. The van der Waals surface area contributed by atoms with Crippen LogP contribution in [0.15, 0.2) is 12.2 Å². The lowest BCUT2D eigenvalue weighted by molar-refractivity contribution is -0.143. The highest BCUT2D eigenvalue weighted by molar-refractivity contribution is 5.76. The van der Waals surface area contributed by atoms with Crippen LogP contribution in [0.5, 0.6) is 0 Å². The molecule has 0 fully saturated rings. The highest BCUT2D eigenvalue weighted by Gasteiger charge is 2.20. The van der Waals surface area contributed by atoms with Crippen molar-refractivity contribution in [2.75, 3.05) is 13.2 Å². The van der Waals surface area contributed by atoms with Crippen LogP contribution in [0.1, 0.15) is 367 Å². The molecule has 0 saturated carbocycles. The van der Waals surface area contributed by atoms with E-state index in [9.17, 15) is 19.8 Å². The summed E-state index contributed by atoms with van der Waals surface area (Å²) in [5, 5.41) is 23.4. The zero-order valence-corrected chi connectivity index (χ0v) is 48.2. The van der Waals surface area contributed by atoms with Gasteiger partial charge in [0.05, 0.1) is 25.4 Å². The van der Waals surface area contributed by atoms with Gasteiger partial charge in [-0.1, -0.05) is 315 Å². The number of carbonyl (C=O) groups excluding carboxylic acids is 2. The van der Waals surface area contributed by atoms with Crippen LogP contribution in [0, 0.1) is 0 Å². The monoisotopic (exact) mass is 1000 g/mol. The smallest absolute Gasteiger partial charge is 0.305 e. The van der Waals surface area contributed by atoms with Gasteiger partial charge in [-0.25, -0.2) is 0 Å². The molecular formula is C65H127NO5. The van der Waals surface area contributed by atoms with Crippen molar-refractivity contribution in [3.63, 3.8) is 0 Å². The molecule has 1 amide bonds. The maximum atomic E-state index is 12.5. The summed E-state index contributed by atoms with van der Waals surface area (Å²) in [5.41, 5.74) is 0. The topological polar surface area (TPSA) is 95.9 Å². The average molecular weight is 1000 g/mol. The quantitative estimate of drug-likeness (QED) is 0.0320. The fraction of sp³-hybridized carbons (Fsp3) is 0.938. The predicted octanol–water partition coefficient (Wildman–Crippen LogP) is 20.4. The van der Waals surface area contributed by atoms with Gasteiger partial charge in [0.25, 0.3) is 0 Å². The van der Waals surface area contributed by atoms with Crippen LogP contribution in [0.2, 0.25) is 0 Å². The third kappa shape index (κ3) is 57.7. The van der Waals surface area contributed by atoms with Crippen molar-refractivity contribution in [3.05, 3.63) is 12.2 Å². The molecule has 0 aliphatic heterocycles. The van der Waals surface area contributed by atoms with Gasteiger partial charge in [-0.2, -0.15) is 0 Å². The summed E-state index contributed by atoms with van der Waals surface area (Å²) in [6, 6.07) is -0.548. The molecule has 0 aromatic heterocycles. The Morgan fingerprint density at radius 2 is 0.662 bits per heavy atom. The summed E-state index contributed by atoms with van der Waals surface area (Å²) in [4.78, 5) is 24.6. The standard InChI is InChI=1S/C65H127NO5/c1-3-5-7-9-11-13-15-17-19-21-23-25-26-29-33-37-41-45-49-53-57-63(68)62(61-67)66-64(69)58-54-50-46-42-38-34-30-28-32-36-40-44-48-52-56-60-71-65(70)59-55-51-47-43-39-35-31-27-24-22-20-18-16-14-12-10-8-6-4-2/h18,20,62-63,67-68H,3-17,19,21-61H2,1-2H3,(H,66,69)/b20-18-. The first-order chi connectivity index (χ1) is 35.0. The van der Waals surface area contributed by atoms with Crippen molar-refractivity contribution in [1.82, 2.24) is 5.32 Å². The van der Waals surface area contributed by atoms with Crippen LogP contribution >= 0.6 is 0 Å². The van der Waals surface area contributed by atoms with E-state index < -0.39 is 12.1 Å². The van der Waals surface area contributed by atoms with Gasteiger partial charge in [0.15, 0.2) is 0 Å². The zero-order valence-electron chi connectivity index (χ0n) is 48.2. The number of carbonyl (C=O) groups is 2. The van der Waals surface area contributed by atoms with Gasteiger partial charge in [0.1, 0.15) is 0 Å². The molecule has 0 rings (SSSR count). The maximum Gasteiger partial charge on any atom is 0.305 e. The Morgan fingerprint density at radius 3 is 1.00 bits per heavy atom. The summed E-state index contributed by atoms with van der Waals surface area (Å²) < 4.78 is 5.50. The second-order valence-corrected chi connectivity index (χ2v) is 22.5. The number of nitrogens with one attached hydrogen (secondary N) is 1. The Labute approximate surface area is 444 Å². The molecule has 0 saturated heterocycles. The minimum Gasteiger partial charge on any atom is -0.466 e. The zero-order chi connectivity index (χ0) is 51.4. The Balaban J connectivity index is 3.41. The molecule has 2 atom stereocenters. The number of aliphatic hydroxyl groups is 2. The Hall–Kier alpha value is -1.40. The van der Waals surface area contributed by atoms with Crippen LogP contribution < -0.4 is 5.32 Å². The molecule has 0 aromatic rings. The lowest BCUT2D eigenvalue weighted by Crippen LogP contribution is -2.45. The normalized spacial score (nSPS) is 12.6. The van der Waals surface area contributed by atoms with E-state index in [-0.39, 0.29) is 18.5 Å². The number of rotatable bonds is 61. The minimum absolute atomic E-state index is 0.00160. The van der Waals surface area contributed by atoms with Crippen LogP contribution in [-0.2, 0) is 14.3 Å². The van der Waals surface area contributed by atoms with Gasteiger partial charge in [0, 0.05) is 12.8 Å². The molecule has 6 heteroatoms. The molecular weight excluding hydrogens is 875 g/mol. The van der Waals surface area contributed by atoms with Crippen LogP contribution in [0.25, 0.3) is 0 Å². The van der Waals surface area contributed by atoms with E-state index in [1.54, 1.807) is 0 Å². The number of esters is 1. The molecule has 0 aromatic carbocycles. The second kappa shape index (κ2) is 61.1. The SMILES string of the molecule is CCCCCCCC/C=C\CCCCCCCCCCCC(=O)OCCCCCCCCCCCCCCCCCC(=O)NC(CO)C(O)CCCCCCCCCCCCCCCCCCCCCC. The van der Waals surface area contributed by atoms with Crippen molar-refractivity contribution in [1.29, 1.82) is 0 Å². The fourth-order valence-electron chi connectivity index (χ4n) is 10.3. The average Bonchev–Trinajstić information content (AvgIpc) is 3.37. The molecule has 0 bridgehead atoms. The molecule has 2 unspecified atom stereocenters. The van der Waals surface area contributed by atoms with Crippen molar-refractivity contribution >= 4 is 11.9 Å². The molecule has 0 heterocycles. The molecule has 0 radical (unpaired) electrons. The van der Waals surface area contributed by atoms with Gasteiger partial charge < -0.3 is 20.3 Å².